The fourth-order valence-electron chi connectivity index (χ4n) is 3.31. The van der Waals surface area contributed by atoms with Gasteiger partial charge in [-0.2, -0.15) is 5.26 Å². The van der Waals surface area contributed by atoms with Crippen molar-refractivity contribution in [3.05, 3.63) is 23.8 Å². The van der Waals surface area contributed by atoms with Crippen molar-refractivity contribution in [1.29, 1.82) is 5.26 Å². The van der Waals surface area contributed by atoms with Crippen molar-refractivity contribution in [3.63, 3.8) is 0 Å². The van der Waals surface area contributed by atoms with Gasteiger partial charge in [-0.1, -0.05) is 6.07 Å². The second-order valence-electron chi connectivity index (χ2n) is 6.21. The van der Waals surface area contributed by atoms with Crippen LogP contribution in [-0.2, 0) is 10.2 Å². The second kappa shape index (κ2) is 7.35. The first kappa shape index (κ1) is 10.1. The standard InChI is InChI=1S/C20H25NO4/c1-24-17-7-6-15(12-18(17)25-16-4-2-3-5-16)20(13-21)10-8-14(9-11-20)19(22)23/h6-7,12,14,16H,2-5,8-11H2,1H3,(H,22,23)/i2D2,3D2,4D2,5D2. The van der Waals surface area contributed by atoms with Crippen molar-refractivity contribution in [2.45, 2.75) is 62.7 Å². The number of ether oxygens (including phenoxy) is 2. The molecule has 5 heteroatoms. The van der Waals surface area contributed by atoms with Gasteiger partial charge in [0.05, 0.1) is 30.6 Å². The third-order valence-electron chi connectivity index (χ3n) is 4.83. The molecule has 0 unspecified atom stereocenters. The molecule has 1 N–H and O–H groups in total. The van der Waals surface area contributed by atoms with Crippen molar-refractivity contribution in [2.24, 2.45) is 5.92 Å². The molecule has 2 aliphatic carbocycles. The van der Waals surface area contributed by atoms with Gasteiger partial charge >= 0.3 is 5.97 Å². The van der Waals surface area contributed by atoms with Crippen LogP contribution in [0.2, 0.25) is 0 Å². The number of rotatable bonds is 5. The van der Waals surface area contributed by atoms with E-state index in [1.165, 1.54) is 19.2 Å². The molecule has 0 bridgehead atoms. The Morgan fingerprint density at radius 2 is 2.00 bits per heavy atom. The van der Waals surface area contributed by atoms with Gasteiger partial charge in [0.15, 0.2) is 11.5 Å². The highest BCUT2D eigenvalue weighted by molar-refractivity contribution is 5.70. The summed E-state index contributed by atoms with van der Waals surface area (Å²) in [6.07, 6.45) is -13.5. The lowest BCUT2D eigenvalue weighted by atomic mass is 9.67. The number of nitriles is 1. The Morgan fingerprint density at radius 1 is 1.32 bits per heavy atom. The molecule has 0 atom stereocenters. The van der Waals surface area contributed by atoms with Crippen LogP contribution in [0.5, 0.6) is 11.5 Å². The molecule has 0 amide bonds. The number of methoxy groups -OCH3 is 1. The number of carbonyl (C=O) groups is 1. The fraction of sp³-hybridized carbons (Fsp3) is 0.600. The monoisotopic (exact) mass is 351 g/mol. The fourth-order valence-corrected chi connectivity index (χ4v) is 3.31. The molecule has 134 valence electrons. The quantitative estimate of drug-likeness (QED) is 0.865. The van der Waals surface area contributed by atoms with Crippen molar-refractivity contribution < 1.29 is 30.3 Å². The van der Waals surface area contributed by atoms with E-state index in [9.17, 15) is 15.2 Å². The summed E-state index contributed by atoms with van der Waals surface area (Å²) in [5.74, 6) is -1.56. The first-order chi connectivity index (χ1) is 15.1. The maximum absolute atomic E-state index is 11.3. The van der Waals surface area contributed by atoms with Crippen LogP contribution in [0.1, 0.15) is 67.7 Å². The van der Waals surface area contributed by atoms with Crippen molar-refractivity contribution >= 4 is 5.97 Å². The third kappa shape index (κ3) is 3.58. The number of carboxylic acid groups (broad SMARTS) is 1. The third-order valence-corrected chi connectivity index (χ3v) is 4.83. The number of nitrogens with zero attached hydrogens (tertiary/aromatic N) is 1. The Hall–Kier alpha value is -2.22. The lowest BCUT2D eigenvalue weighted by molar-refractivity contribution is -0.143. The second-order valence-corrected chi connectivity index (χ2v) is 6.21. The van der Waals surface area contributed by atoms with Crippen LogP contribution in [0.25, 0.3) is 0 Å². The van der Waals surface area contributed by atoms with E-state index < -0.39 is 48.9 Å². The average molecular weight is 351 g/mol. The van der Waals surface area contributed by atoms with Crippen LogP contribution < -0.4 is 9.47 Å². The van der Waals surface area contributed by atoms with E-state index in [0.29, 0.717) is 18.4 Å². The molecule has 0 aromatic heterocycles. The Balaban J connectivity index is 2.02. The zero-order chi connectivity index (χ0) is 25.0. The Labute approximate surface area is 159 Å². The van der Waals surface area contributed by atoms with E-state index in [0.717, 1.165) is 0 Å². The average Bonchev–Trinajstić information content (AvgIpc) is 2.82. The summed E-state index contributed by atoms with van der Waals surface area (Å²) in [5, 5.41) is 19.2. The van der Waals surface area contributed by atoms with E-state index in [-0.39, 0.29) is 24.3 Å². The molecule has 5 nitrogen and oxygen atoms in total. The molecule has 0 saturated heterocycles. The largest absolute Gasteiger partial charge is 0.493 e. The predicted octanol–water partition coefficient (Wildman–Crippen LogP) is 4.05. The van der Waals surface area contributed by atoms with Crippen LogP contribution in [0.3, 0.4) is 0 Å². The molecule has 3 rings (SSSR count). The summed E-state index contributed by atoms with van der Waals surface area (Å²) in [7, 11) is 1.30. The molecular weight excluding hydrogens is 318 g/mol. The van der Waals surface area contributed by atoms with Gasteiger partial charge in [0.2, 0.25) is 0 Å². The minimum absolute atomic E-state index is 0.0747. The van der Waals surface area contributed by atoms with Crippen molar-refractivity contribution in [2.75, 3.05) is 7.11 Å². The number of hydrogen-bond donors (Lipinski definition) is 1. The lowest BCUT2D eigenvalue weighted by Crippen LogP contribution is -2.33. The molecule has 0 aliphatic heterocycles. The van der Waals surface area contributed by atoms with Crippen LogP contribution in [0, 0.1) is 17.2 Å². The van der Waals surface area contributed by atoms with E-state index in [2.05, 4.69) is 6.07 Å². The van der Waals surface area contributed by atoms with E-state index >= 15 is 0 Å². The number of aliphatic carboxylic acids is 1. The molecule has 0 spiro atoms. The van der Waals surface area contributed by atoms with E-state index in [1.807, 2.05) is 0 Å². The molecular formula is C20H25NO4. The van der Waals surface area contributed by atoms with Gasteiger partial charge in [-0.25, -0.2) is 0 Å². The number of benzene rings is 1. The van der Waals surface area contributed by atoms with Gasteiger partial charge in [0.1, 0.15) is 0 Å². The van der Waals surface area contributed by atoms with Gasteiger partial charge in [-0.3, -0.25) is 4.79 Å². The lowest BCUT2D eigenvalue weighted by Gasteiger charge is -2.34. The SMILES string of the molecule is [2H]C1([2H])C(Oc2cc(C3(C#N)CCC(C(=O)O)CC3)ccc2OC)C([2H])([2H])C([2H])([2H])C1([2H])[2H]. The topological polar surface area (TPSA) is 79.5 Å². The summed E-state index contributed by atoms with van der Waals surface area (Å²) >= 11 is 0. The van der Waals surface area contributed by atoms with Crippen LogP contribution in [0.4, 0.5) is 0 Å². The minimum Gasteiger partial charge on any atom is -0.493 e. The molecule has 1 aromatic carbocycles. The van der Waals surface area contributed by atoms with E-state index in [4.69, 9.17) is 20.4 Å². The maximum atomic E-state index is 11.3. The highest BCUT2D eigenvalue weighted by Gasteiger charge is 2.39. The Bertz CT molecular complexity index is 957. The highest BCUT2D eigenvalue weighted by atomic mass is 16.5. The summed E-state index contributed by atoms with van der Waals surface area (Å²) in [5.41, 5.74) is -0.581. The van der Waals surface area contributed by atoms with Gasteiger partial charge in [-0.05, 0) is 68.9 Å². The Kier molecular flexibility index (Phi) is 2.96. The van der Waals surface area contributed by atoms with Crippen molar-refractivity contribution in [3.8, 4) is 17.6 Å². The summed E-state index contributed by atoms with van der Waals surface area (Å²) in [6.45, 7) is 0. The van der Waals surface area contributed by atoms with E-state index in [1.54, 1.807) is 6.07 Å². The first-order valence-electron chi connectivity index (χ1n) is 12.1. The molecule has 1 aromatic rings. The van der Waals surface area contributed by atoms with Crippen LogP contribution >= 0.6 is 0 Å². The van der Waals surface area contributed by atoms with Crippen molar-refractivity contribution in [1.82, 2.24) is 0 Å². The zero-order valence-electron chi connectivity index (χ0n) is 21.8. The summed E-state index contributed by atoms with van der Waals surface area (Å²) in [6, 6.07) is 6.70. The molecule has 2 saturated carbocycles. The predicted molar refractivity (Wildman–Crippen MR) is 92.8 cm³/mol. The Morgan fingerprint density at radius 3 is 2.56 bits per heavy atom. The number of hydrogen-bond acceptors (Lipinski definition) is 4. The summed E-state index contributed by atoms with van der Waals surface area (Å²) < 4.78 is 75.2. The summed E-state index contributed by atoms with van der Waals surface area (Å²) in [4.78, 5) is 11.3. The minimum atomic E-state index is -3.19. The first-order valence-corrected chi connectivity index (χ1v) is 8.08. The molecule has 0 radical (unpaired) electrons. The molecule has 25 heavy (non-hydrogen) atoms. The molecule has 2 fully saturated rings. The highest BCUT2D eigenvalue weighted by Crippen LogP contribution is 2.44. The number of carboxylic acids is 1. The van der Waals surface area contributed by atoms with Crippen LogP contribution in [0.15, 0.2) is 18.2 Å². The van der Waals surface area contributed by atoms with Gasteiger partial charge in [0, 0.05) is 11.0 Å². The smallest absolute Gasteiger partial charge is 0.306 e. The normalized spacial score (nSPS) is 39.6. The van der Waals surface area contributed by atoms with Gasteiger partial charge < -0.3 is 14.6 Å². The molecule has 2 aliphatic rings. The zero-order valence-corrected chi connectivity index (χ0v) is 13.8. The van der Waals surface area contributed by atoms with Crippen LogP contribution in [-0.4, -0.2) is 24.3 Å². The van der Waals surface area contributed by atoms with Gasteiger partial charge in [0.25, 0.3) is 0 Å². The maximum Gasteiger partial charge on any atom is 0.306 e. The van der Waals surface area contributed by atoms with Gasteiger partial charge in [-0.15, -0.1) is 0 Å². The molecule has 0 heterocycles.